The van der Waals surface area contributed by atoms with Gasteiger partial charge < -0.3 is 19.2 Å². The average Bonchev–Trinajstić information content (AvgIpc) is 3.34. The number of halogens is 1. The summed E-state index contributed by atoms with van der Waals surface area (Å²) in [6.45, 7) is 1.35. The summed E-state index contributed by atoms with van der Waals surface area (Å²) in [7, 11) is 3.18. The molecule has 0 bridgehead atoms. The third-order valence-electron chi connectivity index (χ3n) is 4.97. The number of ether oxygens (including phenoxy) is 2. The smallest absolute Gasteiger partial charge is 0.255 e. The quantitative estimate of drug-likeness (QED) is 0.752. The van der Waals surface area contributed by atoms with Crippen molar-refractivity contribution in [2.45, 2.75) is 12.3 Å². The van der Waals surface area contributed by atoms with E-state index in [2.05, 4.69) is 5.32 Å². The zero-order chi connectivity index (χ0) is 19.0. The molecule has 1 atom stereocenters. The van der Waals surface area contributed by atoms with Crippen LogP contribution in [0.4, 0.5) is 4.39 Å². The van der Waals surface area contributed by atoms with E-state index in [0.717, 1.165) is 12.0 Å². The first-order valence-electron chi connectivity index (χ1n) is 8.82. The van der Waals surface area contributed by atoms with Crippen molar-refractivity contribution in [3.8, 4) is 17.1 Å². The molecule has 2 heterocycles. The minimum absolute atomic E-state index is 0.229. The number of hydrogen-bond donors (Lipinski definition) is 1. The molecule has 1 aliphatic rings. The number of rotatable bonds is 4. The van der Waals surface area contributed by atoms with Crippen LogP contribution in [0.3, 0.4) is 0 Å². The van der Waals surface area contributed by atoms with E-state index in [1.165, 1.54) is 12.1 Å². The topological polar surface area (TPSA) is 60.7 Å². The van der Waals surface area contributed by atoms with E-state index in [-0.39, 0.29) is 17.6 Å². The maximum absolute atomic E-state index is 13.3. The zero-order valence-electron chi connectivity index (χ0n) is 15.2. The second kappa shape index (κ2) is 7.04. The normalized spacial score (nSPS) is 16.6. The Morgan fingerprint density at radius 1 is 1.26 bits per heavy atom. The van der Waals surface area contributed by atoms with E-state index < -0.39 is 0 Å². The monoisotopic (exact) mass is 369 g/mol. The Balaban J connectivity index is 1.94. The highest BCUT2D eigenvalue weighted by molar-refractivity contribution is 6.11. The number of fused-ring (bicyclic) bond motifs is 1. The molecule has 2 aromatic carbocycles. The molecule has 1 aliphatic heterocycles. The summed E-state index contributed by atoms with van der Waals surface area (Å²) >= 11 is 0. The van der Waals surface area contributed by atoms with Gasteiger partial charge in [0.1, 0.15) is 22.9 Å². The molecule has 1 amide bonds. The Hall–Kier alpha value is -2.86. The van der Waals surface area contributed by atoms with Crippen molar-refractivity contribution in [2.24, 2.45) is 0 Å². The fourth-order valence-corrected chi connectivity index (χ4v) is 3.57. The number of furan rings is 1. The number of nitrogens with one attached hydrogen (secondary N) is 1. The lowest BCUT2D eigenvalue weighted by Crippen LogP contribution is -2.18. The van der Waals surface area contributed by atoms with Gasteiger partial charge in [-0.1, -0.05) is 0 Å². The molecule has 5 nitrogen and oxygen atoms in total. The summed E-state index contributed by atoms with van der Waals surface area (Å²) in [6.07, 6.45) is 0.912. The molecular formula is C21H20FNO4. The Morgan fingerprint density at radius 2 is 2.04 bits per heavy atom. The molecule has 0 spiro atoms. The van der Waals surface area contributed by atoms with E-state index >= 15 is 0 Å². The average molecular weight is 369 g/mol. The second-order valence-corrected chi connectivity index (χ2v) is 6.54. The number of hydrogen-bond acceptors (Lipinski definition) is 4. The van der Waals surface area contributed by atoms with Gasteiger partial charge in [0.05, 0.1) is 19.3 Å². The van der Waals surface area contributed by atoms with Crippen LogP contribution in [0.5, 0.6) is 5.75 Å². The van der Waals surface area contributed by atoms with E-state index in [0.29, 0.717) is 46.8 Å². The second-order valence-electron chi connectivity index (χ2n) is 6.54. The minimum Gasteiger partial charge on any atom is -0.496 e. The standard InChI is InChI=1S/C21H20FNO4/c1-23-21(24)19-16-10-17(25-2)15(13-7-8-26-11-13)9-18(16)27-20(19)12-3-5-14(22)6-4-12/h3-6,9-10,13H,7-8,11H2,1-2H3,(H,23,24). The molecule has 27 heavy (non-hydrogen) atoms. The van der Waals surface area contributed by atoms with E-state index in [9.17, 15) is 9.18 Å². The van der Waals surface area contributed by atoms with Crippen molar-refractivity contribution in [2.75, 3.05) is 27.4 Å². The van der Waals surface area contributed by atoms with Gasteiger partial charge in [-0.2, -0.15) is 0 Å². The third kappa shape index (κ3) is 3.06. The molecule has 4 rings (SSSR count). The first-order valence-corrected chi connectivity index (χ1v) is 8.82. The van der Waals surface area contributed by atoms with Crippen LogP contribution >= 0.6 is 0 Å². The van der Waals surface area contributed by atoms with Gasteiger partial charge in [0.25, 0.3) is 5.91 Å². The fourth-order valence-electron chi connectivity index (χ4n) is 3.57. The van der Waals surface area contributed by atoms with Crippen LogP contribution in [0.1, 0.15) is 28.3 Å². The van der Waals surface area contributed by atoms with Crippen LogP contribution in [-0.2, 0) is 4.74 Å². The first-order chi connectivity index (χ1) is 13.1. The van der Waals surface area contributed by atoms with Crippen molar-refractivity contribution in [3.63, 3.8) is 0 Å². The van der Waals surface area contributed by atoms with Gasteiger partial charge in [-0.05, 0) is 42.8 Å². The molecule has 1 unspecified atom stereocenters. The molecule has 6 heteroatoms. The minimum atomic E-state index is -0.346. The number of benzene rings is 2. The molecule has 1 saturated heterocycles. The number of amides is 1. The Morgan fingerprint density at radius 3 is 2.67 bits per heavy atom. The highest BCUT2D eigenvalue weighted by atomic mass is 19.1. The van der Waals surface area contributed by atoms with E-state index in [1.54, 1.807) is 26.3 Å². The molecule has 140 valence electrons. The van der Waals surface area contributed by atoms with Crippen molar-refractivity contribution in [1.82, 2.24) is 5.32 Å². The summed E-state index contributed by atoms with van der Waals surface area (Å²) in [4.78, 5) is 12.6. The molecular weight excluding hydrogens is 349 g/mol. The van der Waals surface area contributed by atoms with E-state index in [4.69, 9.17) is 13.9 Å². The SMILES string of the molecule is CNC(=O)c1c(-c2ccc(F)cc2)oc2cc(C3CCOC3)c(OC)cc12. The van der Waals surface area contributed by atoms with Crippen LogP contribution in [-0.4, -0.2) is 33.3 Å². The first kappa shape index (κ1) is 17.5. The van der Waals surface area contributed by atoms with E-state index in [1.807, 2.05) is 12.1 Å². The number of carbonyl (C=O) groups is 1. The summed E-state index contributed by atoms with van der Waals surface area (Å²) in [6, 6.07) is 9.65. The van der Waals surface area contributed by atoms with Crippen LogP contribution in [0.15, 0.2) is 40.8 Å². The van der Waals surface area contributed by atoms with Gasteiger partial charge in [-0.15, -0.1) is 0 Å². The van der Waals surface area contributed by atoms with Crippen molar-refractivity contribution < 1.29 is 23.1 Å². The van der Waals surface area contributed by atoms with Gasteiger partial charge in [-0.25, -0.2) is 4.39 Å². The molecule has 0 radical (unpaired) electrons. The van der Waals surface area contributed by atoms with Gasteiger partial charge in [-0.3, -0.25) is 4.79 Å². The lowest BCUT2D eigenvalue weighted by atomic mass is 9.95. The summed E-state index contributed by atoms with van der Waals surface area (Å²) in [5, 5.41) is 3.31. The molecule has 0 aliphatic carbocycles. The van der Waals surface area contributed by atoms with Crippen molar-refractivity contribution in [3.05, 3.63) is 53.3 Å². The Labute approximate surface area is 156 Å². The number of carbonyl (C=O) groups excluding carboxylic acids is 1. The fraction of sp³-hybridized carbons (Fsp3) is 0.286. The largest absolute Gasteiger partial charge is 0.496 e. The van der Waals surface area contributed by atoms with Gasteiger partial charge in [0, 0.05) is 36.1 Å². The molecule has 3 aromatic rings. The van der Waals surface area contributed by atoms with Crippen LogP contribution in [0.2, 0.25) is 0 Å². The van der Waals surface area contributed by atoms with Crippen LogP contribution < -0.4 is 10.1 Å². The summed E-state index contributed by atoms with van der Waals surface area (Å²) in [5.41, 5.74) is 2.64. The highest BCUT2D eigenvalue weighted by Crippen LogP contribution is 2.40. The van der Waals surface area contributed by atoms with Gasteiger partial charge >= 0.3 is 0 Å². The van der Waals surface area contributed by atoms with Gasteiger partial charge in [0.15, 0.2) is 0 Å². The third-order valence-corrected chi connectivity index (χ3v) is 4.97. The van der Waals surface area contributed by atoms with Crippen molar-refractivity contribution in [1.29, 1.82) is 0 Å². The summed E-state index contributed by atoms with van der Waals surface area (Å²) < 4.78 is 30.5. The molecule has 1 fully saturated rings. The van der Waals surface area contributed by atoms with Crippen LogP contribution in [0, 0.1) is 5.82 Å². The van der Waals surface area contributed by atoms with Crippen molar-refractivity contribution >= 4 is 16.9 Å². The predicted octanol–water partition coefficient (Wildman–Crippen LogP) is 4.11. The lowest BCUT2D eigenvalue weighted by Gasteiger charge is -2.13. The predicted molar refractivity (Wildman–Crippen MR) is 99.7 cm³/mol. The number of methoxy groups -OCH3 is 1. The summed E-state index contributed by atoms with van der Waals surface area (Å²) in [5.74, 6) is 0.724. The van der Waals surface area contributed by atoms with Gasteiger partial charge in [0.2, 0.25) is 0 Å². The Bertz CT molecular complexity index is 988. The highest BCUT2D eigenvalue weighted by Gasteiger charge is 2.27. The maximum Gasteiger partial charge on any atom is 0.255 e. The Kier molecular flexibility index (Phi) is 4.58. The lowest BCUT2D eigenvalue weighted by molar-refractivity contribution is 0.0964. The van der Waals surface area contributed by atoms with Crippen LogP contribution in [0.25, 0.3) is 22.3 Å². The molecule has 1 aromatic heterocycles. The zero-order valence-corrected chi connectivity index (χ0v) is 15.2. The molecule has 1 N–H and O–H groups in total. The maximum atomic E-state index is 13.3. The molecule has 0 saturated carbocycles.